The van der Waals surface area contributed by atoms with Crippen LogP contribution in [-0.4, -0.2) is 21.4 Å². The minimum absolute atomic E-state index is 0.763. The molecule has 3 aromatic rings. The zero-order chi connectivity index (χ0) is 22.0. The Morgan fingerprint density at radius 3 is 1.27 bits per heavy atom. The molecule has 0 bridgehead atoms. The minimum Gasteiger partial charge on any atom is -0.260 e. The zero-order valence-corrected chi connectivity index (χ0v) is 19.3. The average Bonchev–Trinajstić information content (AvgIpc) is 2.67. The monoisotopic (exact) mass is 398 g/mol. The lowest BCUT2D eigenvalue weighted by atomic mass is 10.1. The van der Waals surface area contributed by atoms with Gasteiger partial charge in [0, 0.05) is 0 Å². The van der Waals surface area contributed by atoms with Crippen LogP contribution < -0.4 is 0 Å². The van der Waals surface area contributed by atoms with E-state index in [4.69, 9.17) is 15.0 Å². The molecule has 0 atom stereocenters. The number of nitrogens with zero attached hydrogens (tertiary/aromatic N) is 4. The molecule has 0 saturated heterocycles. The molecule has 0 fully saturated rings. The molecular weight excluding hydrogens is 368 g/mol. The van der Waals surface area contributed by atoms with Crippen LogP contribution in [0, 0.1) is 41.5 Å². The van der Waals surface area contributed by atoms with Crippen LogP contribution in [0.2, 0.25) is 0 Å². The molecule has 1 aromatic heterocycles. The maximum atomic E-state index is 4.87. The predicted molar refractivity (Wildman–Crippen MR) is 127 cm³/mol. The van der Waals surface area contributed by atoms with Gasteiger partial charge < -0.3 is 0 Å². The van der Waals surface area contributed by atoms with Crippen LogP contribution in [0.25, 0.3) is 0 Å². The molecule has 0 unspecified atom stereocenters. The third-order valence-electron chi connectivity index (χ3n) is 5.21. The van der Waals surface area contributed by atoms with E-state index in [1.54, 1.807) is 12.4 Å². The molecule has 4 nitrogen and oxygen atoms in total. The van der Waals surface area contributed by atoms with Crippen molar-refractivity contribution in [2.45, 2.75) is 55.4 Å². The van der Waals surface area contributed by atoms with Gasteiger partial charge in [0.1, 0.15) is 11.4 Å². The molecular formula is C26H30N4. The van der Waals surface area contributed by atoms with Gasteiger partial charge >= 0.3 is 0 Å². The number of benzene rings is 2. The van der Waals surface area contributed by atoms with E-state index in [9.17, 15) is 0 Å². The highest BCUT2D eigenvalue weighted by molar-refractivity contribution is 6.02. The largest absolute Gasteiger partial charge is 0.260 e. The van der Waals surface area contributed by atoms with Crippen LogP contribution >= 0.6 is 0 Å². The fourth-order valence-corrected chi connectivity index (χ4v) is 3.86. The van der Waals surface area contributed by atoms with Gasteiger partial charge in [0.2, 0.25) is 0 Å². The SMILES string of the molecule is CC(=Nc1c(C)cc(C)cc1C)c1cncc(C(C)=Nc2c(C)cc(C)cc2C)n1. The van der Waals surface area contributed by atoms with Crippen LogP contribution in [0.1, 0.15) is 58.6 Å². The third kappa shape index (κ3) is 4.70. The first-order valence-electron chi connectivity index (χ1n) is 10.2. The second-order valence-electron chi connectivity index (χ2n) is 8.18. The van der Waals surface area contributed by atoms with Gasteiger partial charge in [-0.3, -0.25) is 15.0 Å². The molecule has 3 rings (SSSR count). The number of hydrogen-bond acceptors (Lipinski definition) is 4. The lowest BCUT2D eigenvalue weighted by molar-refractivity contribution is 1.14. The maximum Gasteiger partial charge on any atom is 0.103 e. The van der Waals surface area contributed by atoms with E-state index in [0.717, 1.165) is 34.2 Å². The molecule has 0 saturated carbocycles. The van der Waals surface area contributed by atoms with Crippen molar-refractivity contribution < 1.29 is 0 Å². The molecule has 1 heterocycles. The summed E-state index contributed by atoms with van der Waals surface area (Å²) in [7, 11) is 0. The average molecular weight is 399 g/mol. The zero-order valence-electron chi connectivity index (χ0n) is 19.3. The van der Waals surface area contributed by atoms with E-state index in [0.29, 0.717) is 0 Å². The molecule has 0 aliphatic rings. The normalized spacial score (nSPS) is 12.4. The second-order valence-corrected chi connectivity index (χ2v) is 8.18. The standard InChI is InChI=1S/C26H30N4/c1-15-9-17(3)25(18(4)10-15)28-21(7)23-13-27-14-24(30-23)22(8)29-26-19(5)11-16(2)12-20(26)6/h9-14H,1-8H3. The number of rotatable bonds is 4. The van der Waals surface area contributed by atoms with Crippen molar-refractivity contribution in [3.05, 3.63) is 81.4 Å². The molecule has 30 heavy (non-hydrogen) atoms. The summed E-state index contributed by atoms with van der Waals surface area (Å²) in [5.74, 6) is 0. The lowest BCUT2D eigenvalue weighted by Crippen LogP contribution is -2.07. The van der Waals surface area contributed by atoms with Gasteiger partial charge in [-0.25, -0.2) is 4.98 Å². The Bertz CT molecular complexity index is 1030. The van der Waals surface area contributed by atoms with E-state index >= 15 is 0 Å². The van der Waals surface area contributed by atoms with Gasteiger partial charge in [0.25, 0.3) is 0 Å². The number of hydrogen-bond donors (Lipinski definition) is 0. The summed E-state index contributed by atoms with van der Waals surface area (Å²) < 4.78 is 0. The summed E-state index contributed by atoms with van der Waals surface area (Å²) in [6.07, 6.45) is 3.52. The fourth-order valence-electron chi connectivity index (χ4n) is 3.86. The summed E-state index contributed by atoms with van der Waals surface area (Å²) in [6.45, 7) is 16.5. The molecule has 0 radical (unpaired) electrons. The summed E-state index contributed by atoms with van der Waals surface area (Å²) in [6, 6.07) is 8.63. The quantitative estimate of drug-likeness (QED) is 0.464. The Morgan fingerprint density at radius 1 is 0.600 bits per heavy atom. The topological polar surface area (TPSA) is 50.5 Å². The van der Waals surface area contributed by atoms with Crippen molar-refractivity contribution in [2.75, 3.05) is 0 Å². The summed E-state index contributed by atoms with van der Waals surface area (Å²) >= 11 is 0. The van der Waals surface area contributed by atoms with Crippen LogP contribution in [0.3, 0.4) is 0 Å². The van der Waals surface area contributed by atoms with Gasteiger partial charge in [-0.2, -0.15) is 0 Å². The van der Waals surface area contributed by atoms with Gasteiger partial charge in [0.15, 0.2) is 0 Å². The predicted octanol–water partition coefficient (Wildman–Crippen LogP) is 6.61. The second kappa shape index (κ2) is 8.70. The summed E-state index contributed by atoms with van der Waals surface area (Å²) in [5.41, 5.74) is 12.4. The van der Waals surface area contributed by atoms with Gasteiger partial charge in [0.05, 0.1) is 35.2 Å². The first-order valence-corrected chi connectivity index (χ1v) is 10.2. The van der Waals surface area contributed by atoms with Crippen LogP contribution in [0.5, 0.6) is 0 Å². The van der Waals surface area contributed by atoms with Crippen molar-refractivity contribution in [1.82, 2.24) is 9.97 Å². The Hall–Kier alpha value is -3.14. The Balaban J connectivity index is 1.99. The minimum atomic E-state index is 0.763. The Labute approximate surface area is 179 Å². The molecule has 0 aliphatic carbocycles. The number of aryl methyl sites for hydroxylation is 6. The van der Waals surface area contributed by atoms with Crippen LogP contribution in [0.15, 0.2) is 46.6 Å². The smallest absolute Gasteiger partial charge is 0.103 e. The molecule has 0 amide bonds. The van der Waals surface area contributed by atoms with Gasteiger partial charge in [-0.05, 0) is 77.6 Å². The van der Waals surface area contributed by atoms with Crippen LogP contribution in [0.4, 0.5) is 11.4 Å². The van der Waals surface area contributed by atoms with E-state index in [-0.39, 0.29) is 0 Å². The number of aromatic nitrogens is 2. The van der Waals surface area contributed by atoms with Gasteiger partial charge in [-0.15, -0.1) is 0 Å². The number of aliphatic imine (C=N–C) groups is 2. The van der Waals surface area contributed by atoms with Crippen molar-refractivity contribution in [2.24, 2.45) is 9.98 Å². The first-order chi connectivity index (χ1) is 14.2. The maximum absolute atomic E-state index is 4.87. The van der Waals surface area contributed by atoms with Crippen molar-refractivity contribution >= 4 is 22.8 Å². The highest BCUT2D eigenvalue weighted by atomic mass is 14.9. The summed E-state index contributed by atoms with van der Waals surface area (Å²) in [4.78, 5) is 18.9. The molecule has 4 heteroatoms. The molecule has 154 valence electrons. The van der Waals surface area contributed by atoms with E-state index in [1.165, 1.54) is 33.4 Å². The van der Waals surface area contributed by atoms with E-state index in [1.807, 2.05) is 13.8 Å². The van der Waals surface area contributed by atoms with Crippen molar-refractivity contribution in [3.63, 3.8) is 0 Å². The Morgan fingerprint density at radius 2 is 0.933 bits per heavy atom. The highest BCUT2D eigenvalue weighted by Crippen LogP contribution is 2.27. The third-order valence-corrected chi connectivity index (χ3v) is 5.21. The van der Waals surface area contributed by atoms with Crippen LogP contribution in [-0.2, 0) is 0 Å². The molecule has 0 N–H and O–H groups in total. The van der Waals surface area contributed by atoms with E-state index in [2.05, 4.69) is 70.8 Å². The van der Waals surface area contributed by atoms with Crippen molar-refractivity contribution in [3.8, 4) is 0 Å². The molecule has 0 aliphatic heterocycles. The van der Waals surface area contributed by atoms with Crippen molar-refractivity contribution in [1.29, 1.82) is 0 Å². The molecule has 0 spiro atoms. The Kier molecular flexibility index (Phi) is 6.25. The molecule has 2 aromatic carbocycles. The van der Waals surface area contributed by atoms with E-state index < -0.39 is 0 Å². The summed E-state index contributed by atoms with van der Waals surface area (Å²) in [5, 5.41) is 0. The first kappa shape index (κ1) is 21.6. The highest BCUT2D eigenvalue weighted by Gasteiger charge is 2.09. The fraction of sp³-hybridized carbons (Fsp3) is 0.308. The lowest BCUT2D eigenvalue weighted by Gasteiger charge is -2.10. The van der Waals surface area contributed by atoms with Gasteiger partial charge in [-0.1, -0.05) is 35.4 Å².